The maximum Gasteiger partial charge on any atom is 0.287 e. The van der Waals surface area contributed by atoms with Gasteiger partial charge in [-0.25, -0.2) is 0 Å². The minimum absolute atomic E-state index is 0.133. The zero-order valence-electron chi connectivity index (χ0n) is 12.2. The van der Waals surface area contributed by atoms with Crippen molar-refractivity contribution in [2.24, 2.45) is 0 Å². The van der Waals surface area contributed by atoms with Crippen LogP contribution in [0.1, 0.15) is 23.4 Å². The molecule has 1 fully saturated rings. The van der Waals surface area contributed by atoms with E-state index in [1.54, 1.807) is 0 Å². The van der Waals surface area contributed by atoms with E-state index in [9.17, 15) is 4.79 Å². The van der Waals surface area contributed by atoms with E-state index in [1.807, 2.05) is 36.4 Å². The summed E-state index contributed by atoms with van der Waals surface area (Å²) in [6, 6.07) is 13.8. The van der Waals surface area contributed by atoms with Crippen LogP contribution in [0.15, 0.2) is 46.9 Å². The number of benzene rings is 2. The number of hydrogen-bond acceptors (Lipinski definition) is 3. The van der Waals surface area contributed by atoms with Gasteiger partial charge in [0.2, 0.25) is 0 Å². The first-order valence-corrected chi connectivity index (χ1v) is 7.62. The molecule has 4 nitrogen and oxygen atoms in total. The number of amides is 1. The molecule has 1 amide bonds. The van der Waals surface area contributed by atoms with Gasteiger partial charge >= 0.3 is 0 Å². The average Bonchev–Trinajstić information content (AvgIpc) is 3.21. The zero-order chi connectivity index (χ0) is 14.9. The molecule has 4 rings (SSSR count). The van der Waals surface area contributed by atoms with Crippen molar-refractivity contribution < 1.29 is 13.9 Å². The second-order valence-corrected chi connectivity index (χ2v) is 5.65. The fraction of sp³-hybridized carbons (Fsp3) is 0.278. The molecule has 0 aliphatic carbocycles. The lowest BCUT2D eigenvalue weighted by Gasteiger charge is -2.09. The maximum absolute atomic E-state index is 12.2. The Kier molecular flexibility index (Phi) is 3.31. The standard InChI is InChI=1S/C18H17NO3/c20-18(19-11-13-5-3-9-21-13)17-10-15-14-6-2-1-4-12(14)7-8-16(15)22-17/h1-2,4,6-8,10,13H,3,5,9,11H2,(H,19,20)/t13-/m0/s1. The first kappa shape index (κ1) is 13.3. The second-order valence-electron chi connectivity index (χ2n) is 5.65. The van der Waals surface area contributed by atoms with Crippen LogP contribution in [0.25, 0.3) is 21.7 Å². The molecule has 1 N–H and O–H groups in total. The van der Waals surface area contributed by atoms with Crippen LogP contribution in [0.3, 0.4) is 0 Å². The van der Waals surface area contributed by atoms with E-state index in [-0.39, 0.29) is 12.0 Å². The summed E-state index contributed by atoms with van der Waals surface area (Å²) in [5.74, 6) is 0.167. The molecule has 0 unspecified atom stereocenters. The van der Waals surface area contributed by atoms with Gasteiger partial charge in [-0.2, -0.15) is 0 Å². The molecule has 0 bridgehead atoms. The summed E-state index contributed by atoms with van der Waals surface area (Å²) in [6.07, 6.45) is 2.21. The molecular weight excluding hydrogens is 278 g/mol. The van der Waals surface area contributed by atoms with Gasteiger partial charge in [0, 0.05) is 18.5 Å². The maximum atomic E-state index is 12.2. The largest absolute Gasteiger partial charge is 0.451 e. The van der Waals surface area contributed by atoms with Gasteiger partial charge in [-0.3, -0.25) is 4.79 Å². The lowest BCUT2D eigenvalue weighted by molar-refractivity contribution is 0.0837. The van der Waals surface area contributed by atoms with Gasteiger partial charge in [0.1, 0.15) is 5.58 Å². The summed E-state index contributed by atoms with van der Waals surface area (Å²) in [4.78, 5) is 12.2. The third kappa shape index (κ3) is 2.35. The second kappa shape index (κ2) is 5.46. The molecule has 0 radical (unpaired) electrons. The van der Waals surface area contributed by atoms with E-state index in [1.165, 1.54) is 0 Å². The summed E-state index contributed by atoms with van der Waals surface area (Å²) in [7, 11) is 0. The number of nitrogens with one attached hydrogen (secondary N) is 1. The number of hydrogen-bond donors (Lipinski definition) is 1. The molecule has 2 aromatic carbocycles. The zero-order valence-corrected chi connectivity index (χ0v) is 12.2. The highest BCUT2D eigenvalue weighted by atomic mass is 16.5. The Hall–Kier alpha value is -2.33. The highest BCUT2D eigenvalue weighted by Crippen LogP contribution is 2.28. The monoisotopic (exact) mass is 295 g/mol. The van der Waals surface area contributed by atoms with Crippen LogP contribution >= 0.6 is 0 Å². The summed E-state index contributed by atoms with van der Waals surface area (Å²) in [5, 5.41) is 6.10. The number of carbonyl (C=O) groups is 1. The predicted octanol–water partition coefficient (Wildman–Crippen LogP) is 3.49. The number of carbonyl (C=O) groups excluding carboxylic acids is 1. The van der Waals surface area contributed by atoms with Crippen molar-refractivity contribution in [3.63, 3.8) is 0 Å². The van der Waals surface area contributed by atoms with Gasteiger partial charge in [0.15, 0.2) is 5.76 Å². The Morgan fingerprint density at radius 3 is 2.95 bits per heavy atom. The molecule has 1 atom stereocenters. The predicted molar refractivity (Wildman–Crippen MR) is 85.0 cm³/mol. The minimum Gasteiger partial charge on any atom is -0.451 e. The van der Waals surface area contributed by atoms with Crippen molar-refractivity contribution in [2.45, 2.75) is 18.9 Å². The highest BCUT2D eigenvalue weighted by Gasteiger charge is 2.18. The van der Waals surface area contributed by atoms with Crippen molar-refractivity contribution in [1.29, 1.82) is 0 Å². The van der Waals surface area contributed by atoms with Gasteiger partial charge in [-0.05, 0) is 35.7 Å². The molecular formula is C18H17NO3. The fourth-order valence-corrected chi connectivity index (χ4v) is 3.00. The van der Waals surface area contributed by atoms with Crippen LogP contribution in [0.5, 0.6) is 0 Å². The molecule has 1 aliphatic heterocycles. The third-order valence-electron chi connectivity index (χ3n) is 4.16. The Morgan fingerprint density at radius 2 is 2.09 bits per heavy atom. The number of furan rings is 1. The Labute approximate surface area is 128 Å². The van der Waals surface area contributed by atoms with Crippen LogP contribution in [0.4, 0.5) is 0 Å². The minimum atomic E-state index is -0.184. The van der Waals surface area contributed by atoms with Crippen LogP contribution in [-0.2, 0) is 4.74 Å². The van der Waals surface area contributed by atoms with Gasteiger partial charge in [-0.15, -0.1) is 0 Å². The molecule has 112 valence electrons. The topological polar surface area (TPSA) is 51.5 Å². The van der Waals surface area contributed by atoms with Crippen molar-refractivity contribution >= 4 is 27.6 Å². The molecule has 22 heavy (non-hydrogen) atoms. The number of rotatable bonds is 3. The van der Waals surface area contributed by atoms with Crippen LogP contribution in [0.2, 0.25) is 0 Å². The number of fused-ring (bicyclic) bond motifs is 3. The summed E-state index contributed by atoms with van der Waals surface area (Å²) in [6.45, 7) is 1.33. The van der Waals surface area contributed by atoms with Crippen LogP contribution in [-0.4, -0.2) is 25.2 Å². The molecule has 1 saturated heterocycles. The first-order valence-electron chi connectivity index (χ1n) is 7.62. The van der Waals surface area contributed by atoms with Crippen LogP contribution in [0, 0.1) is 0 Å². The summed E-state index contributed by atoms with van der Waals surface area (Å²) >= 11 is 0. The molecule has 1 aliphatic rings. The van der Waals surface area contributed by atoms with Gasteiger partial charge in [-0.1, -0.05) is 30.3 Å². The van der Waals surface area contributed by atoms with Crippen molar-refractivity contribution in [2.75, 3.05) is 13.2 Å². The SMILES string of the molecule is O=C(NC[C@@H]1CCCO1)c1cc2c(ccc3ccccc32)o1. The lowest BCUT2D eigenvalue weighted by Crippen LogP contribution is -2.31. The van der Waals surface area contributed by atoms with Crippen molar-refractivity contribution in [1.82, 2.24) is 5.32 Å². The molecule has 1 aromatic heterocycles. The van der Waals surface area contributed by atoms with Gasteiger partial charge in [0.25, 0.3) is 5.91 Å². The van der Waals surface area contributed by atoms with E-state index in [0.29, 0.717) is 12.3 Å². The Bertz CT molecular complexity index is 831. The van der Waals surface area contributed by atoms with Gasteiger partial charge < -0.3 is 14.5 Å². The normalized spacial score (nSPS) is 18.1. The van der Waals surface area contributed by atoms with E-state index in [4.69, 9.17) is 9.15 Å². The molecule has 4 heteroatoms. The highest BCUT2D eigenvalue weighted by molar-refractivity contribution is 6.08. The smallest absolute Gasteiger partial charge is 0.287 e. The Balaban J connectivity index is 1.61. The fourth-order valence-electron chi connectivity index (χ4n) is 3.00. The molecule has 2 heterocycles. The van der Waals surface area contributed by atoms with Gasteiger partial charge in [0.05, 0.1) is 6.10 Å². The average molecular weight is 295 g/mol. The van der Waals surface area contributed by atoms with E-state index >= 15 is 0 Å². The third-order valence-corrected chi connectivity index (χ3v) is 4.16. The van der Waals surface area contributed by atoms with Crippen molar-refractivity contribution in [3.05, 3.63) is 48.2 Å². The molecule has 0 saturated carbocycles. The van der Waals surface area contributed by atoms with Crippen LogP contribution < -0.4 is 5.32 Å². The molecule has 0 spiro atoms. The first-order chi connectivity index (χ1) is 10.8. The number of ether oxygens (including phenoxy) is 1. The van der Waals surface area contributed by atoms with E-state index < -0.39 is 0 Å². The molecule has 3 aromatic rings. The Morgan fingerprint density at radius 1 is 1.18 bits per heavy atom. The lowest BCUT2D eigenvalue weighted by atomic mass is 10.1. The van der Waals surface area contributed by atoms with E-state index in [0.717, 1.165) is 41.2 Å². The summed E-state index contributed by atoms with van der Waals surface area (Å²) in [5.41, 5.74) is 0.737. The van der Waals surface area contributed by atoms with Crippen molar-refractivity contribution in [3.8, 4) is 0 Å². The quantitative estimate of drug-likeness (QED) is 0.804. The summed E-state index contributed by atoms with van der Waals surface area (Å²) < 4.78 is 11.2. The van der Waals surface area contributed by atoms with E-state index in [2.05, 4.69) is 11.4 Å².